The Morgan fingerprint density at radius 1 is 1.00 bits per heavy atom. The number of unbranched alkanes of at least 4 members (excludes halogenated alkanes) is 1. The van der Waals surface area contributed by atoms with Gasteiger partial charge in [-0.25, -0.2) is 4.79 Å². The van der Waals surface area contributed by atoms with Gasteiger partial charge in [-0.2, -0.15) is 0 Å². The number of hydrogen-bond donors (Lipinski definition) is 2. The maximum absolute atomic E-state index is 14.3. The fraction of sp³-hybridized carbons (Fsp3) is 0.484. The van der Waals surface area contributed by atoms with Crippen molar-refractivity contribution in [3.63, 3.8) is 0 Å². The van der Waals surface area contributed by atoms with Gasteiger partial charge in [-0.15, -0.1) is 0 Å². The van der Waals surface area contributed by atoms with Crippen molar-refractivity contribution >= 4 is 23.9 Å². The van der Waals surface area contributed by atoms with Crippen molar-refractivity contribution in [2.45, 2.75) is 78.5 Å². The van der Waals surface area contributed by atoms with Crippen LogP contribution in [0.3, 0.4) is 0 Å². The highest BCUT2D eigenvalue weighted by molar-refractivity contribution is 5.93. The molecule has 0 spiro atoms. The van der Waals surface area contributed by atoms with E-state index in [1.807, 2.05) is 69.3 Å². The van der Waals surface area contributed by atoms with Crippen LogP contribution in [-0.4, -0.2) is 60.6 Å². The summed E-state index contributed by atoms with van der Waals surface area (Å²) in [6, 6.07) is 13.0. The fourth-order valence-electron chi connectivity index (χ4n) is 4.23. The van der Waals surface area contributed by atoms with Crippen molar-refractivity contribution < 1.29 is 28.7 Å². The second kappa shape index (κ2) is 15.1. The molecule has 0 fully saturated rings. The highest BCUT2D eigenvalue weighted by Gasteiger charge is 2.37. The van der Waals surface area contributed by atoms with Gasteiger partial charge in [0.1, 0.15) is 24.2 Å². The number of esters is 1. The molecule has 0 heterocycles. The van der Waals surface area contributed by atoms with Crippen LogP contribution < -0.4 is 10.6 Å². The molecular formula is C31H43N3O6. The standard InChI is InChI=1S/C31H43N3O6/c1-8-9-17-34(27(28(36)32-20-26(35)39-7)24-18-21(2)15-16-22(24)3)29(37)25(19-23-13-11-10-12-14-23)33-30(38)40-31(4,5)6/h10-16,18,25,27H,8-9,17,19-20H2,1-7H3,(H,32,36)(H,33,38). The lowest BCUT2D eigenvalue weighted by molar-refractivity contribution is -0.144. The van der Waals surface area contributed by atoms with Crippen LogP contribution in [0, 0.1) is 13.8 Å². The van der Waals surface area contributed by atoms with Crippen LogP contribution in [0.1, 0.15) is 68.8 Å². The molecule has 9 heteroatoms. The van der Waals surface area contributed by atoms with E-state index in [1.54, 1.807) is 20.8 Å². The monoisotopic (exact) mass is 553 g/mol. The molecule has 9 nitrogen and oxygen atoms in total. The van der Waals surface area contributed by atoms with Crippen molar-refractivity contribution in [3.05, 3.63) is 70.8 Å². The molecule has 0 bridgehead atoms. The van der Waals surface area contributed by atoms with Crippen LogP contribution in [0.15, 0.2) is 48.5 Å². The lowest BCUT2D eigenvalue weighted by atomic mass is 9.95. The Morgan fingerprint density at radius 3 is 2.27 bits per heavy atom. The van der Waals surface area contributed by atoms with E-state index in [-0.39, 0.29) is 19.5 Å². The summed E-state index contributed by atoms with van der Waals surface area (Å²) >= 11 is 0. The van der Waals surface area contributed by atoms with E-state index in [0.29, 0.717) is 12.0 Å². The first-order valence-corrected chi connectivity index (χ1v) is 13.6. The van der Waals surface area contributed by atoms with Gasteiger partial charge >= 0.3 is 12.1 Å². The number of hydrogen-bond acceptors (Lipinski definition) is 6. The zero-order valence-electron chi connectivity index (χ0n) is 24.7. The summed E-state index contributed by atoms with van der Waals surface area (Å²) in [6.45, 7) is 10.9. The number of methoxy groups -OCH3 is 1. The molecule has 0 saturated carbocycles. The molecule has 2 aromatic carbocycles. The second-order valence-electron chi connectivity index (χ2n) is 10.8. The number of benzene rings is 2. The summed E-state index contributed by atoms with van der Waals surface area (Å²) in [5.41, 5.74) is 2.45. The van der Waals surface area contributed by atoms with Gasteiger partial charge in [0, 0.05) is 13.0 Å². The predicted octanol–water partition coefficient (Wildman–Crippen LogP) is 4.40. The highest BCUT2D eigenvalue weighted by atomic mass is 16.6. The number of alkyl carbamates (subject to hydrolysis) is 1. The molecule has 2 atom stereocenters. The largest absolute Gasteiger partial charge is 0.468 e. The van der Waals surface area contributed by atoms with E-state index >= 15 is 0 Å². The number of rotatable bonds is 12. The SMILES string of the molecule is CCCCN(C(=O)C(Cc1ccccc1)NC(=O)OC(C)(C)C)C(C(=O)NCC(=O)OC)c1cc(C)ccc1C. The van der Waals surface area contributed by atoms with Gasteiger partial charge in [-0.05, 0) is 57.7 Å². The van der Waals surface area contributed by atoms with E-state index in [2.05, 4.69) is 10.6 Å². The molecule has 0 aliphatic carbocycles. The number of nitrogens with zero attached hydrogens (tertiary/aromatic N) is 1. The first kappa shape index (κ1) is 32.3. The van der Waals surface area contributed by atoms with Gasteiger partial charge in [0.05, 0.1) is 7.11 Å². The minimum atomic E-state index is -1.04. The van der Waals surface area contributed by atoms with Gasteiger partial charge in [0.15, 0.2) is 0 Å². The lowest BCUT2D eigenvalue weighted by Crippen LogP contribution is -2.54. The Kier molecular flexibility index (Phi) is 12.2. The summed E-state index contributed by atoms with van der Waals surface area (Å²) in [6.07, 6.45) is 0.874. The quantitative estimate of drug-likeness (QED) is 0.377. The number of aryl methyl sites for hydroxylation is 2. The summed E-state index contributed by atoms with van der Waals surface area (Å²) in [4.78, 5) is 54.2. The molecule has 40 heavy (non-hydrogen) atoms. The Bertz CT molecular complexity index is 1160. The summed E-state index contributed by atoms with van der Waals surface area (Å²) in [7, 11) is 1.24. The number of carbonyl (C=O) groups excluding carboxylic acids is 4. The summed E-state index contributed by atoms with van der Waals surface area (Å²) < 4.78 is 10.2. The molecule has 218 valence electrons. The van der Waals surface area contributed by atoms with Gasteiger partial charge < -0.3 is 25.0 Å². The average Bonchev–Trinajstić information content (AvgIpc) is 2.89. The van der Waals surface area contributed by atoms with Crippen LogP contribution in [0.25, 0.3) is 0 Å². The molecule has 0 aromatic heterocycles. The average molecular weight is 554 g/mol. The van der Waals surface area contributed by atoms with E-state index in [4.69, 9.17) is 9.47 Å². The molecule has 2 rings (SSSR count). The van der Waals surface area contributed by atoms with Crippen LogP contribution in [-0.2, 0) is 30.3 Å². The van der Waals surface area contributed by atoms with Gasteiger partial charge in [0.2, 0.25) is 11.8 Å². The minimum Gasteiger partial charge on any atom is -0.468 e. The normalized spacial score (nSPS) is 12.6. The van der Waals surface area contributed by atoms with Gasteiger partial charge in [0.25, 0.3) is 0 Å². The number of nitrogens with one attached hydrogen (secondary N) is 2. The van der Waals surface area contributed by atoms with Crippen molar-refractivity contribution in [1.82, 2.24) is 15.5 Å². The lowest BCUT2D eigenvalue weighted by Gasteiger charge is -2.35. The Balaban J connectivity index is 2.58. The van der Waals surface area contributed by atoms with E-state index in [0.717, 1.165) is 23.1 Å². The maximum atomic E-state index is 14.3. The van der Waals surface area contributed by atoms with Gasteiger partial charge in [-0.3, -0.25) is 14.4 Å². The van der Waals surface area contributed by atoms with Crippen molar-refractivity contribution in [3.8, 4) is 0 Å². The fourth-order valence-corrected chi connectivity index (χ4v) is 4.23. The summed E-state index contributed by atoms with van der Waals surface area (Å²) in [5.74, 6) is -1.55. The second-order valence-corrected chi connectivity index (χ2v) is 10.8. The molecule has 0 saturated heterocycles. The zero-order valence-corrected chi connectivity index (χ0v) is 24.7. The zero-order chi connectivity index (χ0) is 29.9. The maximum Gasteiger partial charge on any atom is 0.408 e. The van der Waals surface area contributed by atoms with Crippen molar-refractivity contribution in [2.75, 3.05) is 20.2 Å². The highest BCUT2D eigenvalue weighted by Crippen LogP contribution is 2.27. The Labute approximate surface area is 237 Å². The molecule has 3 amide bonds. The van der Waals surface area contributed by atoms with Crippen molar-refractivity contribution in [2.24, 2.45) is 0 Å². The predicted molar refractivity (Wildman–Crippen MR) is 154 cm³/mol. The third-order valence-electron chi connectivity index (χ3n) is 6.23. The smallest absolute Gasteiger partial charge is 0.408 e. The molecule has 2 N–H and O–H groups in total. The molecular weight excluding hydrogens is 510 g/mol. The van der Waals surface area contributed by atoms with Gasteiger partial charge in [-0.1, -0.05) is 67.4 Å². The van der Waals surface area contributed by atoms with Crippen LogP contribution in [0.4, 0.5) is 4.79 Å². The molecule has 0 aliphatic heterocycles. The van der Waals surface area contributed by atoms with E-state index in [9.17, 15) is 19.2 Å². The first-order chi connectivity index (χ1) is 18.9. The van der Waals surface area contributed by atoms with Crippen LogP contribution in [0.2, 0.25) is 0 Å². The number of amides is 3. The van der Waals surface area contributed by atoms with Crippen LogP contribution in [0.5, 0.6) is 0 Å². The minimum absolute atomic E-state index is 0.199. The molecule has 0 radical (unpaired) electrons. The Morgan fingerprint density at radius 2 is 1.68 bits per heavy atom. The topological polar surface area (TPSA) is 114 Å². The number of carbonyl (C=O) groups is 4. The third kappa shape index (κ3) is 10.0. The first-order valence-electron chi connectivity index (χ1n) is 13.6. The third-order valence-corrected chi connectivity index (χ3v) is 6.23. The van der Waals surface area contributed by atoms with Crippen LogP contribution >= 0.6 is 0 Å². The molecule has 2 unspecified atom stereocenters. The number of ether oxygens (including phenoxy) is 2. The van der Waals surface area contributed by atoms with Crippen molar-refractivity contribution in [1.29, 1.82) is 0 Å². The molecule has 2 aromatic rings. The molecule has 0 aliphatic rings. The Hall–Kier alpha value is -3.88. The summed E-state index contributed by atoms with van der Waals surface area (Å²) in [5, 5.41) is 5.38. The van der Waals surface area contributed by atoms with E-state index in [1.165, 1.54) is 12.0 Å². The van der Waals surface area contributed by atoms with E-state index < -0.39 is 41.6 Å².